The quantitative estimate of drug-likeness (QED) is 0.736. The van der Waals surface area contributed by atoms with Gasteiger partial charge in [0.15, 0.2) is 0 Å². The minimum absolute atomic E-state index is 0.0194. The van der Waals surface area contributed by atoms with Crippen molar-refractivity contribution in [2.24, 2.45) is 0 Å². The van der Waals surface area contributed by atoms with Crippen molar-refractivity contribution in [1.82, 2.24) is 9.97 Å². The number of aromatic nitrogens is 2. The van der Waals surface area contributed by atoms with Gasteiger partial charge in [0.05, 0.1) is 23.5 Å². The zero-order valence-electron chi connectivity index (χ0n) is 7.26. The van der Waals surface area contributed by atoms with Crippen molar-refractivity contribution in [3.8, 4) is 6.07 Å². The minimum atomic E-state index is -0.842. The van der Waals surface area contributed by atoms with Crippen LogP contribution in [0.1, 0.15) is 19.5 Å². The van der Waals surface area contributed by atoms with Crippen LogP contribution in [0.25, 0.3) is 0 Å². The SMILES string of the molecule is CC(C)(C#N)c1nc[nH]c(=O)c1Cl. The Morgan fingerprint density at radius 2 is 2.31 bits per heavy atom. The fourth-order valence-corrected chi connectivity index (χ4v) is 1.21. The van der Waals surface area contributed by atoms with Gasteiger partial charge in [-0.2, -0.15) is 5.26 Å². The Balaban J connectivity index is 3.42. The molecule has 13 heavy (non-hydrogen) atoms. The van der Waals surface area contributed by atoms with Crippen LogP contribution in [-0.4, -0.2) is 9.97 Å². The number of hydrogen-bond donors (Lipinski definition) is 1. The Labute approximate surface area is 80.2 Å². The Morgan fingerprint density at radius 3 is 2.85 bits per heavy atom. The summed E-state index contributed by atoms with van der Waals surface area (Å²) in [6, 6.07) is 2.03. The van der Waals surface area contributed by atoms with Crippen LogP contribution >= 0.6 is 11.6 Å². The van der Waals surface area contributed by atoms with Crippen molar-refractivity contribution in [3.63, 3.8) is 0 Å². The predicted molar refractivity (Wildman–Crippen MR) is 48.5 cm³/mol. The van der Waals surface area contributed by atoms with Gasteiger partial charge in [-0.25, -0.2) is 4.98 Å². The fourth-order valence-electron chi connectivity index (χ4n) is 0.872. The molecule has 0 bridgehead atoms. The third-order valence-electron chi connectivity index (χ3n) is 1.67. The van der Waals surface area contributed by atoms with Crippen LogP contribution in [0.3, 0.4) is 0 Å². The fraction of sp³-hybridized carbons (Fsp3) is 0.375. The normalized spacial score (nSPS) is 10.9. The molecule has 1 heterocycles. The Kier molecular flexibility index (Phi) is 2.39. The number of nitriles is 1. The van der Waals surface area contributed by atoms with E-state index in [9.17, 15) is 4.79 Å². The molecule has 0 unspecified atom stereocenters. The van der Waals surface area contributed by atoms with Gasteiger partial charge in [0, 0.05) is 0 Å². The molecule has 1 N–H and O–H groups in total. The highest BCUT2D eigenvalue weighted by Crippen LogP contribution is 2.23. The molecule has 0 amide bonds. The lowest BCUT2D eigenvalue weighted by atomic mass is 9.91. The molecule has 0 aliphatic carbocycles. The molecule has 0 aliphatic rings. The lowest BCUT2D eigenvalue weighted by Gasteiger charge is -2.14. The van der Waals surface area contributed by atoms with Crippen LogP contribution in [0.15, 0.2) is 11.1 Å². The summed E-state index contributed by atoms with van der Waals surface area (Å²) in [5, 5.41) is 8.78. The lowest BCUT2D eigenvalue weighted by Crippen LogP contribution is -2.21. The first-order chi connectivity index (χ1) is 5.99. The molecule has 5 heteroatoms. The molecule has 1 rings (SSSR count). The van der Waals surface area contributed by atoms with E-state index in [2.05, 4.69) is 9.97 Å². The first-order valence-electron chi connectivity index (χ1n) is 3.64. The summed E-state index contributed by atoms with van der Waals surface area (Å²) in [6.45, 7) is 3.31. The van der Waals surface area contributed by atoms with E-state index in [0.29, 0.717) is 5.69 Å². The van der Waals surface area contributed by atoms with Gasteiger partial charge in [0.25, 0.3) is 5.56 Å². The molecule has 1 aromatic rings. The Hall–Kier alpha value is -1.34. The number of H-pyrrole nitrogens is 1. The van der Waals surface area contributed by atoms with E-state index >= 15 is 0 Å². The van der Waals surface area contributed by atoms with Gasteiger partial charge in [0.1, 0.15) is 5.02 Å². The van der Waals surface area contributed by atoms with E-state index in [-0.39, 0.29) is 5.02 Å². The highest BCUT2D eigenvalue weighted by atomic mass is 35.5. The second-order valence-electron chi connectivity index (χ2n) is 3.13. The molecule has 0 spiro atoms. The van der Waals surface area contributed by atoms with Crippen molar-refractivity contribution in [3.05, 3.63) is 27.4 Å². The molecule has 0 saturated carbocycles. The monoisotopic (exact) mass is 197 g/mol. The van der Waals surface area contributed by atoms with E-state index in [1.807, 2.05) is 6.07 Å². The zero-order valence-corrected chi connectivity index (χ0v) is 8.01. The molecular formula is C8H8ClN3O. The second-order valence-corrected chi connectivity index (χ2v) is 3.51. The topological polar surface area (TPSA) is 69.5 Å². The van der Waals surface area contributed by atoms with E-state index in [1.165, 1.54) is 6.33 Å². The molecule has 0 saturated heterocycles. The molecule has 1 aromatic heterocycles. The summed E-state index contributed by atoms with van der Waals surface area (Å²) in [6.07, 6.45) is 1.24. The molecule has 68 valence electrons. The van der Waals surface area contributed by atoms with Gasteiger partial charge >= 0.3 is 0 Å². The molecular weight excluding hydrogens is 190 g/mol. The van der Waals surface area contributed by atoms with E-state index in [1.54, 1.807) is 13.8 Å². The van der Waals surface area contributed by atoms with E-state index in [0.717, 1.165) is 0 Å². The van der Waals surface area contributed by atoms with Gasteiger partial charge in [-0.15, -0.1) is 0 Å². The maximum absolute atomic E-state index is 11.1. The highest BCUT2D eigenvalue weighted by molar-refractivity contribution is 6.31. The number of hydrogen-bond acceptors (Lipinski definition) is 3. The average molecular weight is 198 g/mol. The Morgan fingerprint density at radius 1 is 1.69 bits per heavy atom. The number of aromatic amines is 1. The van der Waals surface area contributed by atoms with Gasteiger partial charge in [-0.05, 0) is 13.8 Å². The smallest absolute Gasteiger partial charge is 0.269 e. The van der Waals surface area contributed by atoms with Crippen molar-refractivity contribution in [1.29, 1.82) is 5.26 Å². The Bertz CT molecular complexity index is 416. The molecule has 0 aromatic carbocycles. The number of nitrogens with one attached hydrogen (secondary N) is 1. The molecule has 0 radical (unpaired) electrons. The summed E-state index contributed by atoms with van der Waals surface area (Å²) in [4.78, 5) is 17.3. The molecule has 0 fully saturated rings. The predicted octanol–water partition coefficient (Wildman–Crippen LogP) is 1.22. The number of rotatable bonds is 1. The summed E-state index contributed by atoms with van der Waals surface area (Å²) in [7, 11) is 0. The van der Waals surface area contributed by atoms with E-state index in [4.69, 9.17) is 16.9 Å². The van der Waals surface area contributed by atoms with Gasteiger partial charge in [-0.1, -0.05) is 11.6 Å². The van der Waals surface area contributed by atoms with Gasteiger partial charge in [0.2, 0.25) is 0 Å². The van der Waals surface area contributed by atoms with Crippen molar-refractivity contribution < 1.29 is 0 Å². The van der Waals surface area contributed by atoms with Crippen LogP contribution in [0.2, 0.25) is 5.02 Å². The van der Waals surface area contributed by atoms with Crippen LogP contribution < -0.4 is 5.56 Å². The van der Waals surface area contributed by atoms with Crippen molar-refractivity contribution in [2.75, 3.05) is 0 Å². The van der Waals surface area contributed by atoms with E-state index < -0.39 is 11.0 Å². The van der Waals surface area contributed by atoms with Crippen LogP contribution in [-0.2, 0) is 5.41 Å². The number of halogens is 1. The lowest BCUT2D eigenvalue weighted by molar-refractivity contribution is 0.654. The zero-order chi connectivity index (χ0) is 10.1. The van der Waals surface area contributed by atoms with Crippen molar-refractivity contribution in [2.45, 2.75) is 19.3 Å². The maximum Gasteiger partial charge on any atom is 0.269 e. The molecule has 0 aliphatic heterocycles. The third kappa shape index (κ3) is 1.70. The van der Waals surface area contributed by atoms with Crippen molar-refractivity contribution >= 4 is 11.6 Å². The molecule has 0 atom stereocenters. The maximum atomic E-state index is 11.1. The first kappa shape index (κ1) is 9.75. The first-order valence-corrected chi connectivity index (χ1v) is 4.02. The standard InChI is InChI=1S/C8H8ClN3O/c1-8(2,3-10)6-5(9)7(13)12-4-11-6/h4H,1-2H3,(H,11,12,13). The third-order valence-corrected chi connectivity index (χ3v) is 2.02. The van der Waals surface area contributed by atoms with Crippen LogP contribution in [0.5, 0.6) is 0 Å². The summed E-state index contributed by atoms with van der Waals surface area (Å²) < 4.78 is 0. The van der Waals surface area contributed by atoms with Gasteiger partial charge < -0.3 is 4.98 Å². The highest BCUT2D eigenvalue weighted by Gasteiger charge is 2.25. The second kappa shape index (κ2) is 3.19. The minimum Gasteiger partial charge on any atom is -0.312 e. The van der Waals surface area contributed by atoms with Crippen LogP contribution in [0.4, 0.5) is 0 Å². The summed E-state index contributed by atoms with van der Waals surface area (Å²) in [5.74, 6) is 0. The summed E-state index contributed by atoms with van der Waals surface area (Å²) >= 11 is 5.70. The number of nitrogens with zero attached hydrogens (tertiary/aromatic N) is 2. The largest absolute Gasteiger partial charge is 0.312 e. The van der Waals surface area contributed by atoms with Crippen LogP contribution in [0, 0.1) is 11.3 Å². The summed E-state index contributed by atoms with van der Waals surface area (Å²) in [5.41, 5.74) is -0.957. The van der Waals surface area contributed by atoms with Gasteiger partial charge in [-0.3, -0.25) is 4.79 Å². The molecule has 4 nitrogen and oxygen atoms in total. The average Bonchev–Trinajstić information content (AvgIpc) is 2.09.